The van der Waals surface area contributed by atoms with Gasteiger partial charge >= 0.3 is 0 Å². The van der Waals surface area contributed by atoms with Gasteiger partial charge in [-0.15, -0.1) is 0 Å². The summed E-state index contributed by atoms with van der Waals surface area (Å²) in [5.41, 5.74) is 1.10. The van der Waals surface area contributed by atoms with Crippen molar-refractivity contribution in [1.29, 1.82) is 0 Å². The molecule has 1 atom stereocenters. The minimum Gasteiger partial charge on any atom is -0.347 e. The maximum Gasteiger partial charge on any atom is 0.251 e. The maximum absolute atomic E-state index is 12.5. The number of carbonyl (C=O) groups excluding carboxylic acids is 1. The third kappa shape index (κ3) is 4.56. The zero-order valence-corrected chi connectivity index (χ0v) is 15.4. The second-order valence-corrected chi connectivity index (χ2v) is 7.40. The van der Waals surface area contributed by atoms with E-state index in [1.54, 1.807) is 18.5 Å². The second kappa shape index (κ2) is 8.25. The lowest BCUT2D eigenvalue weighted by Crippen LogP contribution is -2.34. The van der Waals surface area contributed by atoms with Crippen LogP contribution in [0.25, 0.3) is 11.4 Å². The Morgan fingerprint density at radius 2 is 2.12 bits per heavy atom. The highest BCUT2D eigenvalue weighted by atomic mass is 16.1. The van der Waals surface area contributed by atoms with Crippen LogP contribution in [0.2, 0.25) is 0 Å². The predicted molar refractivity (Wildman–Crippen MR) is 100 cm³/mol. The molecule has 2 heterocycles. The van der Waals surface area contributed by atoms with Crippen molar-refractivity contribution < 1.29 is 4.79 Å². The molecule has 0 aromatic carbocycles. The van der Waals surface area contributed by atoms with Gasteiger partial charge in [0.15, 0.2) is 0 Å². The maximum atomic E-state index is 12.5. The number of nitrogens with zero attached hydrogens (tertiary/aromatic N) is 2. The number of pyridine rings is 1. The summed E-state index contributed by atoms with van der Waals surface area (Å²) in [6, 6.07) is 4.82. The van der Waals surface area contributed by atoms with Crippen LogP contribution in [-0.4, -0.2) is 20.9 Å². The first kappa shape index (κ1) is 18.3. The number of carbonyl (C=O) groups is 1. The first-order valence-electron chi connectivity index (χ1n) is 9.34. The molecule has 1 amide bonds. The predicted octanol–water partition coefficient (Wildman–Crippen LogP) is 3.23. The van der Waals surface area contributed by atoms with Gasteiger partial charge in [0, 0.05) is 30.4 Å². The van der Waals surface area contributed by atoms with E-state index in [9.17, 15) is 9.59 Å². The van der Waals surface area contributed by atoms with Crippen LogP contribution in [0.1, 0.15) is 57.7 Å². The zero-order chi connectivity index (χ0) is 18.5. The zero-order valence-electron chi connectivity index (χ0n) is 15.4. The Kier molecular flexibility index (Phi) is 5.81. The average molecular weight is 354 g/mol. The third-order valence-electron chi connectivity index (χ3n) is 4.95. The molecular formula is C20H26N4O2. The summed E-state index contributed by atoms with van der Waals surface area (Å²) >= 11 is 0. The van der Waals surface area contributed by atoms with Gasteiger partial charge in [-0.05, 0) is 36.8 Å². The van der Waals surface area contributed by atoms with E-state index in [4.69, 9.17) is 0 Å². The SMILES string of the molecule is CC(C)[C@H](NC(=O)CC1CCCC1)c1cc(=O)[nH]c(-c2cccnc2)n1. The Balaban J connectivity index is 1.82. The molecule has 0 spiro atoms. The lowest BCUT2D eigenvalue weighted by atomic mass is 9.98. The fourth-order valence-corrected chi connectivity index (χ4v) is 3.57. The van der Waals surface area contributed by atoms with Crippen LogP contribution in [0.3, 0.4) is 0 Å². The number of aromatic amines is 1. The molecule has 1 aliphatic rings. The van der Waals surface area contributed by atoms with Gasteiger partial charge in [0.25, 0.3) is 5.56 Å². The van der Waals surface area contributed by atoms with Crippen molar-refractivity contribution in [2.24, 2.45) is 11.8 Å². The highest BCUT2D eigenvalue weighted by molar-refractivity contribution is 5.76. The largest absolute Gasteiger partial charge is 0.347 e. The molecule has 26 heavy (non-hydrogen) atoms. The molecule has 0 radical (unpaired) electrons. The standard InChI is InChI=1S/C20H26N4O2/c1-13(2)19(23-17(25)10-14-6-3-4-7-14)16-11-18(26)24-20(22-16)15-8-5-9-21-12-15/h5,8-9,11-14,19H,3-4,6-7,10H2,1-2H3,(H,23,25)(H,22,24,26)/t19-/m0/s1. The van der Waals surface area contributed by atoms with Crippen molar-refractivity contribution in [1.82, 2.24) is 20.3 Å². The van der Waals surface area contributed by atoms with Gasteiger partial charge in [-0.1, -0.05) is 26.7 Å². The molecule has 6 nitrogen and oxygen atoms in total. The average Bonchev–Trinajstić information content (AvgIpc) is 3.12. The van der Waals surface area contributed by atoms with Crippen LogP contribution < -0.4 is 10.9 Å². The Bertz CT molecular complexity index is 795. The van der Waals surface area contributed by atoms with E-state index in [-0.39, 0.29) is 23.4 Å². The summed E-state index contributed by atoms with van der Waals surface area (Å²) in [6.45, 7) is 4.04. The van der Waals surface area contributed by atoms with Gasteiger partial charge in [0.1, 0.15) is 5.82 Å². The van der Waals surface area contributed by atoms with E-state index in [0.717, 1.165) is 18.4 Å². The van der Waals surface area contributed by atoms with Crippen molar-refractivity contribution >= 4 is 5.91 Å². The Labute approximate surface area is 153 Å². The Hall–Kier alpha value is -2.50. The van der Waals surface area contributed by atoms with E-state index in [0.29, 0.717) is 23.9 Å². The van der Waals surface area contributed by atoms with Gasteiger partial charge < -0.3 is 10.3 Å². The smallest absolute Gasteiger partial charge is 0.251 e. The normalized spacial score (nSPS) is 16.0. The lowest BCUT2D eigenvalue weighted by Gasteiger charge is -2.23. The molecule has 0 unspecified atom stereocenters. The topological polar surface area (TPSA) is 87.7 Å². The van der Waals surface area contributed by atoms with Crippen molar-refractivity contribution in [2.45, 2.75) is 52.0 Å². The second-order valence-electron chi connectivity index (χ2n) is 7.40. The van der Waals surface area contributed by atoms with E-state index < -0.39 is 0 Å². The first-order chi connectivity index (χ1) is 12.5. The van der Waals surface area contributed by atoms with E-state index in [2.05, 4.69) is 20.3 Å². The summed E-state index contributed by atoms with van der Waals surface area (Å²) in [6.07, 6.45) is 8.59. The van der Waals surface area contributed by atoms with Crippen LogP contribution in [0.15, 0.2) is 35.4 Å². The summed E-state index contributed by atoms with van der Waals surface area (Å²) < 4.78 is 0. The molecule has 6 heteroatoms. The quantitative estimate of drug-likeness (QED) is 0.834. The van der Waals surface area contributed by atoms with Gasteiger partial charge in [-0.3, -0.25) is 14.6 Å². The van der Waals surface area contributed by atoms with Crippen molar-refractivity contribution in [3.63, 3.8) is 0 Å². The Morgan fingerprint density at radius 3 is 2.77 bits per heavy atom. The highest BCUT2D eigenvalue weighted by Crippen LogP contribution is 2.28. The number of hydrogen-bond donors (Lipinski definition) is 2. The van der Waals surface area contributed by atoms with E-state index in [1.165, 1.54) is 18.9 Å². The number of hydrogen-bond acceptors (Lipinski definition) is 4. The monoisotopic (exact) mass is 354 g/mol. The summed E-state index contributed by atoms with van der Waals surface area (Å²) in [7, 11) is 0. The summed E-state index contributed by atoms with van der Waals surface area (Å²) in [4.78, 5) is 36.1. The molecule has 3 rings (SSSR count). The molecular weight excluding hydrogens is 328 g/mol. The number of H-pyrrole nitrogens is 1. The number of amides is 1. The molecule has 2 aromatic heterocycles. The molecule has 0 aliphatic heterocycles. The van der Waals surface area contributed by atoms with Crippen molar-refractivity contribution in [3.05, 3.63) is 46.6 Å². The molecule has 1 fully saturated rings. The molecule has 0 saturated heterocycles. The third-order valence-corrected chi connectivity index (χ3v) is 4.95. The molecule has 1 saturated carbocycles. The highest BCUT2D eigenvalue weighted by Gasteiger charge is 2.24. The van der Waals surface area contributed by atoms with Crippen molar-refractivity contribution in [2.75, 3.05) is 0 Å². The van der Waals surface area contributed by atoms with Crippen LogP contribution in [-0.2, 0) is 4.79 Å². The van der Waals surface area contributed by atoms with Crippen LogP contribution in [0, 0.1) is 11.8 Å². The molecule has 0 bridgehead atoms. The van der Waals surface area contributed by atoms with Crippen molar-refractivity contribution in [3.8, 4) is 11.4 Å². The van der Waals surface area contributed by atoms with E-state index in [1.807, 2.05) is 19.9 Å². The van der Waals surface area contributed by atoms with E-state index >= 15 is 0 Å². The summed E-state index contributed by atoms with van der Waals surface area (Å²) in [5, 5.41) is 3.10. The molecule has 138 valence electrons. The summed E-state index contributed by atoms with van der Waals surface area (Å²) in [5.74, 6) is 1.12. The van der Waals surface area contributed by atoms with Gasteiger partial charge in [-0.25, -0.2) is 4.98 Å². The van der Waals surface area contributed by atoms with Crippen LogP contribution >= 0.6 is 0 Å². The molecule has 1 aliphatic carbocycles. The van der Waals surface area contributed by atoms with Gasteiger partial charge in [0.05, 0.1) is 11.7 Å². The fraction of sp³-hybridized carbons (Fsp3) is 0.500. The minimum atomic E-state index is -0.290. The lowest BCUT2D eigenvalue weighted by molar-refractivity contribution is -0.123. The van der Waals surface area contributed by atoms with Gasteiger partial charge in [0.2, 0.25) is 5.91 Å². The Morgan fingerprint density at radius 1 is 1.35 bits per heavy atom. The number of rotatable bonds is 6. The van der Waals surface area contributed by atoms with Crippen LogP contribution in [0.5, 0.6) is 0 Å². The number of nitrogens with one attached hydrogen (secondary N) is 2. The molecule has 2 aromatic rings. The van der Waals surface area contributed by atoms with Gasteiger partial charge in [-0.2, -0.15) is 0 Å². The number of aromatic nitrogens is 3. The first-order valence-corrected chi connectivity index (χ1v) is 9.34. The molecule has 2 N–H and O–H groups in total. The minimum absolute atomic E-state index is 0.0422. The fourth-order valence-electron chi connectivity index (χ4n) is 3.57. The van der Waals surface area contributed by atoms with Crippen LogP contribution in [0.4, 0.5) is 0 Å².